The molecule has 2 heterocycles. The van der Waals surface area contributed by atoms with Gasteiger partial charge in [-0.1, -0.05) is 12.1 Å². The second-order valence-electron chi connectivity index (χ2n) is 5.57. The first-order chi connectivity index (χ1) is 10.1. The maximum atomic E-state index is 13.6. The monoisotopic (exact) mass is 304 g/mol. The minimum Gasteiger partial charge on any atom is -0.337 e. The zero-order chi connectivity index (χ0) is 14.8. The van der Waals surface area contributed by atoms with E-state index in [9.17, 15) is 9.18 Å². The number of hydrogen-bond acceptors (Lipinski definition) is 3. The average molecular weight is 304 g/mol. The molecular formula is C16H17FN2OS. The maximum Gasteiger partial charge on any atom is 0.273 e. The normalized spacial score (nSPS) is 18.2. The van der Waals surface area contributed by atoms with Crippen molar-refractivity contribution in [3.8, 4) is 0 Å². The third-order valence-electron chi connectivity index (χ3n) is 3.99. The summed E-state index contributed by atoms with van der Waals surface area (Å²) in [5.41, 5.74) is 3.88. The van der Waals surface area contributed by atoms with E-state index >= 15 is 0 Å². The van der Waals surface area contributed by atoms with Gasteiger partial charge in [-0.25, -0.2) is 9.37 Å². The van der Waals surface area contributed by atoms with Crippen LogP contribution >= 0.6 is 11.3 Å². The number of rotatable bonds is 3. The first kappa shape index (κ1) is 14.2. The average Bonchev–Trinajstić information content (AvgIpc) is 3.13. The summed E-state index contributed by atoms with van der Waals surface area (Å²) >= 11 is 1.43. The minimum atomic E-state index is -0.152. The molecule has 1 amide bonds. The first-order valence-electron chi connectivity index (χ1n) is 7.06. The van der Waals surface area contributed by atoms with Crippen molar-refractivity contribution >= 4 is 17.2 Å². The second-order valence-corrected chi connectivity index (χ2v) is 6.29. The predicted molar refractivity (Wildman–Crippen MR) is 81.0 cm³/mol. The van der Waals surface area contributed by atoms with Gasteiger partial charge in [-0.05, 0) is 42.9 Å². The maximum absolute atomic E-state index is 13.6. The van der Waals surface area contributed by atoms with E-state index in [0.717, 1.165) is 31.5 Å². The van der Waals surface area contributed by atoms with Crippen molar-refractivity contribution in [1.29, 1.82) is 0 Å². The minimum absolute atomic E-state index is 0.00818. The number of aryl methyl sites for hydroxylation is 1. The Hall–Kier alpha value is -1.75. The van der Waals surface area contributed by atoms with Gasteiger partial charge in [0, 0.05) is 18.5 Å². The molecule has 1 fully saturated rings. The van der Waals surface area contributed by atoms with Gasteiger partial charge in [0.15, 0.2) is 0 Å². The van der Waals surface area contributed by atoms with Crippen LogP contribution in [0.2, 0.25) is 0 Å². The van der Waals surface area contributed by atoms with E-state index < -0.39 is 0 Å². The third-order valence-corrected chi connectivity index (χ3v) is 4.57. The van der Waals surface area contributed by atoms with E-state index in [0.29, 0.717) is 17.2 Å². The number of benzene rings is 1. The first-order valence-corrected chi connectivity index (χ1v) is 8.00. The zero-order valence-electron chi connectivity index (χ0n) is 11.9. The van der Waals surface area contributed by atoms with Crippen molar-refractivity contribution < 1.29 is 9.18 Å². The van der Waals surface area contributed by atoms with E-state index in [1.807, 2.05) is 17.0 Å². The fourth-order valence-corrected chi connectivity index (χ4v) is 3.29. The van der Waals surface area contributed by atoms with Gasteiger partial charge in [-0.2, -0.15) is 0 Å². The Balaban J connectivity index is 1.62. The van der Waals surface area contributed by atoms with E-state index in [4.69, 9.17) is 0 Å². The van der Waals surface area contributed by atoms with Crippen molar-refractivity contribution in [3.63, 3.8) is 0 Å². The molecular weight excluding hydrogens is 287 g/mol. The fourth-order valence-electron chi connectivity index (χ4n) is 2.76. The van der Waals surface area contributed by atoms with Crippen molar-refractivity contribution in [3.05, 3.63) is 51.7 Å². The number of halogens is 1. The van der Waals surface area contributed by atoms with E-state index in [1.165, 1.54) is 11.3 Å². The molecule has 1 aromatic carbocycles. The molecule has 0 aliphatic carbocycles. The van der Waals surface area contributed by atoms with Crippen LogP contribution in [0.1, 0.15) is 28.0 Å². The standard InChI is InChI=1S/C16H17FN2OS/c1-11-2-3-12(7-14(11)17)6-13-4-5-19(8-13)16(20)15-9-21-10-18-15/h2-3,7,9-10,13H,4-6,8H2,1H3. The van der Waals surface area contributed by atoms with Gasteiger partial charge in [0.05, 0.1) is 5.51 Å². The smallest absolute Gasteiger partial charge is 0.273 e. The molecule has 2 aromatic rings. The van der Waals surface area contributed by atoms with Gasteiger partial charge < -0.3 is 4.90 Å². The highest BCUT2D eigenvalue weighted by Gasteiger charge is 2.27. The Morgan fingerprint density at radius 2 is 2.38 bits per heavy atom. The van der Waals surface area contributed by atoms with Crippen molar-refractivity contribution in [2.75, 3.05) is 13.1 Å². The molecule has 1 aromatic heterocycles. The number of carbonyl (C=O) groups excluding carboxylic acids is 1. The Labute approximate surface area is 127 Å². The number of thiazole rings is 1. The molecule has 1 atom stereocenters. The summed E-state index contributed by atoms with van der Waals surface area (Å²) in [6.07, 6.45) is 1.78. The molecule has 1 saturated heterocycles. The molecule has 110 valence electrons. The van der Waals surface area contributed by atoms with Gasteiger partial charge in [0.1, 0.15) is 11.5 Å². The van der Waals surface area contributed by atoms with Crippen LogP contribution in [0.5, 0.6) is 0 Å². The lowest BCUT2D eigenvalue weighted by Gasteiger charge is -2.15. The second kappa shape index (κ2) is 5.93. The van der Waals surface area contributed by atoms with Gasteiger partial charge in [-0.15, -0.1) is 11.3 Å². The molecule has 5 heteroatoms. The molecule has 0 saturated carbocycles. The van der Waals surface area contributed by atoms with Crippen LogP contribution in [0.25, 0.3) is 0 Å². The van der Waals surface area contributed by atoms with Crippen molar-refractivity contribution in [2.45, 2.75) is 19.8 Å². The highest BCUT2D eigenvalue weighted by molar-refractivity contribution is 7.07. The zero-order valence-corrected chi connectivity index (χ0v) is 12.7. The summed E-state index contributed by atoms with van der Waals surface area (Å²) in [7, 11) is 0. The third kappa shape index (κ3) is 3.13. The van der Waals surface area contributed by atoms with Crippen molar-refractivity contribution in [1.82, 2.24) is 9.88 Å². The van der Waals surface area contributed by atoms with Crippen LogP contribution in [-0.4, -0.2) is 28.9 Å². The van der Waals surface area contributed by atoms with Gasteiger partial charge >= 0.3 is 0 Å². The summed E-state index contributed by atoms with van der Waals surface area (Å²) in [5.74, 6) is 0.254. The summed E-state index contributed by atoms with van der Waals surface area (Å²) in [4.78, 5) is 18.1. The Morgan fingerprint density at radius 1 is 1.52 bits per heavy atom. The Bertz CT molecular complexity index is 642. The molecule has 0 N–H and O–H groups in total. The molecule has 21 heavy (non-hydrogen) atoms. The molecule has 0 spiro atoms. The van der Waals surface area contributed by atoms with E-state index in [2.05, 4.69) is 4.98 Å². The summed E-state index contributed by atoms with van der Waals surface area (Å²) in [6, 6.07) is 5.40. The van der Waals surface area contributed by atoms with Gasteiger partial charge in [0.2, 0.25) is 0 Å². The molecule has 3 rings (SSSR count). The van der Waals surface area contributed by atoms with Crippen LogP contribution < -0.4 is 0 Å². The Kier molecular flexibility index (Phi) is 4.01. The van der Waals surface area contributed by atoms with Crippen LogP contribution in [0, 0.1) is 18.7 Å². The SMILES string of the molecule is Cc1ccc(CC2CCN(C(=O)c3cscn3)C2)cc1F. The van der Waals surface area contributed by atoms with Gasteiger partial charge in [0.25, 0.3) is 5.91 Å². The lowest BCUT2D eigenvalue weighted by molar-refractivity contribution is 0.0782. The largest absolute Gasteiger partial charge is 0.337 e. The predicted octanol–water partition coefficient (Wildman–Crippen LogP) is 3.30. The number of likely N-dealkylation sites (tertiary alicyclic amines) is 1. The highest BCUT2D eigenvalue weighted by atomic mass is 32.1. The summed E-state index contributed by atoms with van der Waals surface area (Å²) in [5, 5.41) is 1.78. The Morgan fingerprint density at radius 3 is 3.10 bits per heavy atom. The number of nitrogens with zero attached hydrogens (tertiary/aromatic N) is 2. The van der Waals surface area contributed by atoms with E-state index in [-0.39, 0.29) is 11.7 Å². The molecule has 0 radical (unpaired) electrons. The van der Waals surface area contributed by atoms with Crippen LogP contribution in [-0.2, 0) is 6.42 Å². The number of hydrogen-bond donors (Lipinski definition) is 0. The number of amides is 1. The summed E-state index contributed by atoms with van der Waals surface area (Å²) < 4.78 is 13.6. The van der Waals surface area contributed by atoms with Gasteiger partial charge in [-0.3, -0.25) is 4.79 Å². The quantitative estimate of drug-likeness (QED) is 0.872. The van der Waals surface area contributed by atoms with E-state index in [1.54, 1.807) is 23.9 Å². The molecule has 1 unspecified atom stereocenters. The molecule has 1 aliphatic rings. The molecule has 3 nitrogen and oxygen atoms in total. The number of carbonyl (C=O) groups is 1. The number of aromatic nitrogens is 1. The lowest BCUT2D eigenvalue weighted by atomic mass is 9.98. The van der Waals surface area contributed by atoms with Crippen LogP contribution in [0.4, 0.5) is 4.39 Å². The highest BCUT2D eigenvalue weighted by Crippen LogP contribution is 2.23. The van der Waals surface area contributed by atoms with Crippen molar-refractivity contribution in [2.24, 2.45) is 5.92 Å². The van der Waals surface area contributed by atoms with Crippen LogP contribution in [0.15, 0.2) is 29.1 Å². The molecule has 0 bridgehead atoms. The molecule has 1 aliphatic heterocycles. The fraction of sp³-hybridized carbons (Fsp3) is 0.375. The van der Waals surface area contributed by atoms with Crippen LogP contribution in [0.3, 0.4) is 0 Å². The lowest BCUT2D eigenvalue weighted by Crippen LogP contribution is -2.29. The summed E-state index contributed by atoms with van der Waals surface area (Å²) in [6.45, 7) is 3.25. The topological polar surface area (TPSA) is 33.2 Å².